The Labute approximate surface area is 131 Å². The van der Waals surface area contributed by atoms with E-state index >= 15 is 0 Å². The van der Waals surface area contributed by atoms with Crippen LogP contribution in [0.2, 0.25) is 0 Å². The van der Waals surface area contributed by atoms with Crippen LogP contribution in [0.25, 0.3) is 0 Å². The molecule has 1 fully saturated rings. The number of carbonyl (C=O) groups excluding carboxylic acids is 2. The van der Waals surface area contributed by atoms with Crippen molar-refractivity contribution in [3.8, 4) is 0 Å². The minimum absolute atomic E-state index is 0.119. The first-order valence-corrected chi connectivity index (χ1v) is 7.86. The number of nitrogens with zero attached hydrogens (tertiary/aromatic N) is 1. The van der Waals surface area contributed by atoms with E-state index < -0.39 is 6.03 Å². The van der Waals surface area contributed by atoms with E-state index in [9.17, 15) is 9.59 Å². The number of urea groups is 1. The summed E-state index contributed by atoms with van der Waals surface area (Å²) < 4.78 is 0. The van der Waals surface area contributed by atoms with E-state index in [0.29, 0.717) is 12.1 Å². The predicted molar refractivity (Wildman–Crippen MR) is 87.2 cm³/mol. The molecule has 1 aromatic carbocycles. The number of hydrogen-bond donors (Lipinski definition) is 2. The van der Waals surface area contributed by atoms with Gasteiger partial charge >= 0.3 is 6.03 Å². The maximum absolute atomic E-state index is 12.2. The largest absolute Gasteiger partial charge is 0.351 e. The highest BCUT2D eigenvalue weighted by Gasteiger charge is 2.21. The van der Waals surface area contributed by atoms with Gasteiger partial charge in [0, 0.05) is 18.8 Å². The van der Waals surface area contributed by atoms with Gasteiger partial charge in [-0.1, -0.05) is 25.5 Å². The molecule has 0 saturated carbocycles. The minimum atomic E-state index is -0.579. The van der Waals surface area contributed by atoms with Crippen LogP contribution in [-0.4, -0.2) is 29.9 Å². The van der Waals surface area contributed by atoms with Crippen LogP contribution in [0.1, 0.15) is 31.7 Å². The molecule has 2 rings (SSSR count). The van der Waals surface area contributed by atoms with Crippen molar-refractivity contribution in [3.05, 3.63) is 36.2 Å². The number of rotatable bonds is 5. The van der Waals surface area contributed by atoms with Gasteiger partial charge in [-0.3, -0.25) is 4.79 Å². The quantitative estimate of drug-likeness (QED) is 0.877. The number of carbonyl (C=O) groups is 2. The van der Waals surface area contributed by atoms with Crippen LogP contribution in [0.5, 0.6) is 0 Å². The molecule has 1 radical (unpaired) electrons. The van der Waals surface area contributed by atoms with Gasteiger partial charge in [0.05, 0.1) is 6.42 Å². The zero-order chi connectivity index (χ0) is 15.9. The van der Waals surface area contributed by atoms with E-state index in [1.807, 2.05) is 17.0 Å². The molecular formula is C17H24N3O2. The number of anilines is 1. The summed E-state index contributed by atoms with van der Waals surface area (Å²) in [5.41, 5.74) is 6.75. The number of benzene rings is 1. The first-order chi connectivity index (χ1) is 10.6. The number of nitrogens with one attached hydrogen (secondary N) is 1. The maximum Gasteiger partial charge on any atom is 0.316 e. The number of nitrogens with two attached hydrogens (primary N) is 1. The van der Waals surface area contributed by atoms with E-state index in [1.54, 1.807) is 18.6 Å². The second kappa shape index (κ2) is 7.82. The first-order valence-electron chi connectivity index (χ1n) is 7.86. The Morgan fingerprint density at radius 3 is 2.45 bits per heavy atom. The van der Waals surface area contributed by atoms with Crippen molar-refractivity contribution in [3.63, 3.8) is 0 Å². The molecule has 1 aliphatic rings. The summed E-state index contributed by atoms with van der Waals surface area (Å²) in [6.07, 6.45) is 5.77. The molecule has 0 unspecified atom stereocenters. The monoisotopic (exact) mass is 302 g/mol. The summed E-state index contributed by atoms with van der Waals surface area (Å²) in [7, 11) is 0. The van der Waals surface area contributed by atoms with Gasteiger partial charge in [0.25, 0.3) is 0 Å². The normalized spacial score (nSPS) is 15.6. The van der Waals surface area contributed by atoms with Gasteiger partial charge in [-0.15, -0.1) is 0 Å². The van der Waals surface area contributed by atoms with Gasteiger partial charge in [0.1, 0.15) is 0 Å². The van der Waals surface area contributed by atoms with Crippen molar-refractivity contribution >= 4 is 17.6 Å². The Balaban J connectivity index is 1.77. The second-order valence-corrected chi connectivity index (χ2v) is 5.77. The molecule has 0 bridgehead atoms. The molecule has 22 heavy (non-hydrogen) atoms. The maximum atomic E-state index is 12.2. The van der Waals surface area contributed by atoms with Crippen LogP contribution in [0.3, 0.4) is 0 Å². The lowest BCUT2D eigenvalue weighted by atomic mass is 9.94. The predicted octanol–water partition coefficient (Wildman–Crippen LogP) is 2.57. The first kappa shape index (κ1) is 16.3. The van der Waals surface area contributed by atoms with Gasteiger partial charge in [-0.2, -0.15) is 0 Å². The van der Waals surface area contributed by atoms with E-state index in [1.165, 1.54) is 6.42 Å². The van der Waals surface area contributed by atoms with Crippen LogP contribution < -0.4 is 11.1 Å². The SMILES string of the molecule is CCC1CCN(C(=O)[CH]Cc2ccc(NC(N)=O)cc2)CC1. The molecule has 1 saturated heterocycles. The van der Waals surface area contributed by atoms with Crippen LogP contribution in [0.15, 0.2) is 24.3 Å². The summed E-state index contributed by atoms with van der Waals surface area (Å²) in [5.74, 6) is 0.892. The fourth-order valence-electron chi connectivity index (χ4n) is 2.76. The summed E-state index contributed by atoms with van der Waals surface area (Å²) in [6, 6.07) is 6.76. The van der Waals surface area contributed by atoms with Gasteiger partial charge in [-0.25, -0.2) is 4.79 Å². The van der Waals surface area contributed by atoms with Gasteiger partial charge in [0.2, 0.25) is 5.91 Å². The van der Waals surface area contributed by atoms with Crippen molar-refractivity contribution in [1.29, 1.82) is 0 Å². The number of primary amides is 1. The summed E-state index contributed by atoms with van der Waals surface area (Å²) in [4.78, 5) is 24.9. The number of hydrogen-bond acceptors (Lipinski definition) is 2. The summed E-state index contributed by atoms with van der Waals surface area (Å²) in [6.45, 7) is 3.95. The van der Waals surface area contributed by atoms with Crippen molar-refractivity contribution in [2.24, 2.45) is 11.7 Å². The minimum Gasteiger partial charge on any atom is -0.351 e. The van der Waals surface area contributed by atoms with Crippen molar-refractivity contribution in [2.45, 2.75) is 32.6 Å². The van der Waals surface area contributed by atoms with Crippen LogP contribution in [0, 0.1) is 12.3 Å². The molecule has 5 nitrogen and oxygen atoms in total. The van der Waals surface area contributed by atoms with Gasteiger partial charge < -0.3 is 16.0 Å². The van der Waals surface area contributed by atoms with Crippen molar-refractivity contribution in [2.75, 3.05) is 18.4 Å². The zero-order valence-corrected chi connectivity index (χ0v) is 13.0. The third-order valence-corrected chi connectivity index (χ3v) is 4.24. The fraction of sp³-hybridized carbons (Fsp3) is 0.471. The third kappa shape index (κ3) is 4.76. The Hall–Kier alpha value is -2.04. The van der Waals surface area contributed by atoms with Gasteiger partial charge in [-0.05, 0) is 42.9 Å². The van der Waals surface area contributed by atoms with Gasteiger partial charge in [0.15, 0.2) is 0 Å². The zero-order valence-electron chi connectivity index (χ0n) is 13.0. The molecule has 5 heteroatoms. The molecule has 0 aromatic heterocycles. The van der Waals surface area contributed by atoms with E-state index in [0.717, 1.165) is 37.4 Å². The average Bonchev–Trinajstić information content (AvgIpc) is 2.53. The third-order valence-electron chi connectivity index (χ3n) is 4.24. The molecular weight excluding hydrogens is 278 g/mol. The highest BCUT2D eigenvalue weighted by molar-refractivity contribution is 5.88. The standard InChI is InChI=1S/C17H24N3O2/c1-2-13-9-11-20(12-10-13)16(21)8-5-14-3-6-15(7-4-14)19-17(18)22/h3-4,6-8,13H,2,5,9-12H2,1H3,(H3,18,19,22). The molecule has 0 atom stereocenters. The molecule has 3 N–H and O–H groups in total. The van der Waals surface area contributed by atoms with Crippen LogP contribution in [-0.2, 0) is 11.2 Å². The van der Waals surface area contributed by atoms with Crippen LogP contribution >= 0.6 is 0 Å². The lowest BCUT2D eigenvalue weighted by molar-refractivity contribution is -0.129. The molecule has 1 aromatic rings. The Bertz CT molecular complexity index is 505. The molecule has 3 amide bonds. The lowest BCUT2D eigenvalue weighted by Gasteiger charge is -2.31. The fourth-order valence-corrected chi connectivity index (χ4v) is 2.76. The Morgan fingerprint density at radius 2 is 1.91 bits per heavy atom. The average molecular weight is 302 g/mol. The molecule has 1 aliphatic heterocycles. The summed E-state index contributed by atoms with van der Waals surface area (Å²) >= 11 is 0. The number of amides is 3. The molecule has 1 heterocycles. The number of piperidine rings is 1. The van der Waals surface area contributed by atoms with E-state index in [-0.39, 0.29) is 5.91 Å². The van der Waals surface area contributed by atoms with E-state index in [2.05, 4.69) is 12.2 Å². The van der Waals surface area contributed by atoms with E-state index in [4.69, 9.17) is 5.73 Å². The van der Waals surface area contributed by atoms with Crippen LogP contribution in [0.4, 0.5) is 10.5 Å². The number of likely N-dealkylation sites (tertiary alicyclic amines) is 1. The molecule has 0 aliphatic carbocycles. The second-order valence-electron chi connectivity index (χ2n) is 5.77. The van der Waals surface area contributed by atoms with Crippen molar-refractivity contribution in [1.82, 2.24) is 4.90 Å². The summed E-state index contributed by atoms with van der Waals surface area (Å²) in [5, 5.41) is 2.51. The highest BCUT2D eigenvalue weighted by Crippen LogP contribution is 2.20. The Kier molecular flexibility index (Phi) is 5.81. The smallest absolute Gasteiger partial charge is 0.316 e. The molecule has 0 spiro atoms. The topological polar surface area (TPSA) is 75.4 Å². The highest BCUT2D eigenvalue weighted by atomic mass is 16.2. The Morgan fingerprint density at radius 1 is 1.27 bits per heavy atom. The lowest BCUT2D eigenvalue weighted by Crippen LogP contribution is -2.38. The molecule has 119 valence electrons. The van der Waals surface area contributed by atoms with Crippen molar-refractivity contribution < 1.29 is 9.59 Å².